The Bertz CT molecular complexity index is 1000. The molecule has 3 rings (SSSR count). The van der Waals surface area contributed by atoms with E-state index in [1.165, 1.54) is 28.8 Å². The molecule has 7 heteroatoms. The molecule has 1 heterocycles. The molecule has 0 saturated carbocycles. The Labute approximate surface area is 146 Å². The summed E-state index contributed by atoms with van der Waals surface area (Å²) < 4.78 is 27.6. The maximum absolute atomic E-state index is 13.1. The molecule has 0 unspecified atom stereocenters. The number of nitriles is 1. The van der Waals surface area contributed by atoms with Gasteiger partial charge in [-0.1, -0.05) is 35.9 Å². The van der Waals surface area contributed by atoms with Gasteiger partial charge in [0.1, 0.15) is 0 Å². The lowest BCUT2D eigenvalue weighted by molar-refractivity contribution is 0.590. The molecule has 6 nitrogen and oxygen atoms in total. The Morgan fingerprint density at radius 3 is 2.60 bits per heavy atom. The average Bonchev–Trinajstić information content (AvgIpc) is 3.15. The highest BCUT2D eigenvalue weighted by molar-refractivity contribution is 7.92. The summed E-state index contributed by atoms with van der Waals surface area (Å²) in [5.41, 5.74) is 2.68. The summed E-state index contributed by atoms with van der Waals surface area (Å²) >= 11 is 0. The highest BCUT2D eigenvalue weighted by atomic mass is 32.2. The third-order valence-corrected chi connectivity index (χ3v) is 5.54. The summed E-state index contributed by atoms with van der Waals surface area (Å²) in [6, 6.07) is 15.6. The van der Waals surface area contributed by atoms with Crippen LogP contribution < -0.4 is 4.31 Å². The number of anilines is 1. The molecule has 3 aromatic rings. The van der Waals surface area contributed by atoms with Crippen molar-refractivity contribution in [3.63, 3.8) is 0 Å². The van der Waals surface area contributed by atoms with Gasteiger partial charge < -0.3 is 0 Å². The molecule has 0 saturated heterocycles. The van der Waals surface area contributed by atoms with Crippen LogP contribution in [0, 0.1) is 18.3 Å². The highest BCUT2D eigenvalue weighted by Gasteiger charge is 2.26. The van der Waals surface area contributed by atoms with Gasteiger partial charge >= 0.3 is 0 Å². The van der Waals surface area contributed by atoms with Crippen molar-refractivity contribution in [2.24, 2.45) is 0 Å². The molecule has 126 valence electrons. The van der Waals surface area contributed by atoms with Gasteiger partial charge in [0.05, 0.1) is 35.0 Å². The molecular weight excluding hydrogens is 336 g/mol. The summed E-state index contributed by atoms with van der Waals surface area (Å²) in [5, 5.41) is 15.5. The van der Waals surface area contributed by atoms with Gasteiger partial charge in [-0.2, -0.15) is 10.4 Å². The van der Waals surface area contributed by atoms with Crippen molar-refractivity contribution in [3.05, 3.63) is 77.6 Å². The first-order valence-corrected chi connectivity index (χ1v) is 9.02. The zero-order valence-corrected chi connectivity index (χ0v) is 14.4. The van der Waals surface area contributed by atoms with Crippen LogP contribution in [0.5, 0.6) is 0 Å². The zero-order chi connectivity index (χ0) is 17.9. The number of rotatable bonds is 5. The number of nitrogens with one attached hydrogen (secondary N) is 1. The SMILES string of the molecule is Cc1ccc(CN(c2cn[nH]c2)S(=O)(=O)c2cccc(C#N)c2)cc1. The van der Waals surface area contributed by atoms with Gasteiger partial charge in [-0.3, -0.25) is 9.40 Å². The van der Waals surface area contributed by atoms with E-state index in [0.717, 1.165) is 11.1 Å². The molecule has 0 aliphatic rings. The van der Waals surface area contributed by atoms with Gasteiger partial charge in [0, 0.05) is 6.20 Å². The molecular formula is C18H16N4O2S. The van der Waals surface area contributed by atoms with Crippen LogP contribution in [0.4, 0.5) is 5.69 Å². The number of H-pyrrole nitrogens is 1. The van der Waals surface area contributed by atoms with Crippen molar-refractivity contribution in [1.82, 2.24) is 10.2 Å². The number of hydrogen-bond donors (Lipinski definition) is 1. The molecule has 2 aromatic carbocycles. The van der Waals surface area contributed by atoms with Crippen LogP contribution >= 0.6 is 0 Å². The van der Waals surface area contributed by atoms with E-state index in [0.29, 0.717) is 11.3 Å². The quantitative estimate of drug-likeness (QED) is 0.764. The maximum Gasteiger partial charge on any atom is 0.264 e. The van der Waals surface area contributed by atoms with Gasteiger partial charge in [-0.25, -0.2) is 8.42 Å². The van der Waals surface area contributed by atoms with Gasteiger partial charge in [0.2, 0.25) is 0 Å². The molecule has 0 amide bonds. The monoisotopic (exact) mass is 352 g/mol. The average molecular weight is 352 g/mol. The van der Waals surface area contributed by atoms with E-state index in [2.05, 4.69) is 10.2 Å². The Morgan fingerprint density at radius 1 is 1.20 bits per heavy atom. The van der Waals surface area contributed by atoms with E-state index in [9.17, 15) is 8.42 Å². The minimum Gasteiger partial charge on any atom is -0.284 e. The normalized spacial score (nSPS) is 11.0. The van der Waals surface area contributed by atoms with Gasteiger partial charge in [-0.05, 0) is 30.7 Å². The number of aromatic amines is 1. The van der Waals surface area contributed by atoms with E-state index in [-0.39, 0.29) is 11.4 Å². The zero-order valence-electron chi connectivity index (χ0n) is 13.5. The fourth-order valence-electron chi connectivity index (χ4n) is 2.41. The Balaban J connectivity index is 2.04. The van der Waals surface area contributed by atoms with Crippen molar-refractivity contribution in [3.8, 4) is 6.07 Å². The van der Waals surface area contributed by atoms with Crippen molar-refractivity contribution in [2.75, 3.05) is 4.31 Å². The van der Waals surface area contributed by atoms with Crippen LogP contribution in [0.25, 0.3) is 0 Å². The second-order valence-corrected chi connectivity index (χ2v) is 7.46. The molecule has 1 N–H and O–H groups in total. The lowest BCUT2D eigenvalue weighted by atomic mass is 10.1. The number of nitrogens with zero attached hydrogens (tertiary/aromatic N) is 3. The fraction of sp³-hybridized carbons (Fsp3) is 0.111. The van der Waals surface area contributed by atoms with Crippen molar-refractivity contribution in [2.45, 2.75) is 18.4 Å². The summed E-state index contributed by atoms with van der Waals surface area (Å²) in [5.74, 6) is 0. The first kappa shape index (κ1) is 16.7. The minimum absolute atomic E-state index is 0.0693. The number of aromatic nitrogens is 2. The summed E-state index contributed by atoms with van der Waals surface area (Å²) in [6.45, 7) is 2.14. The number of sulfonamides is 1. The third-order valence-electron chi connectivity index (χ3n) is 3.77. The van der Waals surface area contributed by atoms with Crippen LogP contribution in [0.15, 0.2) is 65.8 Å². The highest BCUT2D eigenvalue weighted by Crippen LogP contribution is 2.25. The van der Waals surface area contributed by atoms with Crippen LogP contribution in [0.1, 0.15) is 16.7 Å². The topological polar surface area (TPSA) is 89.8 Å². The third kappa shape index (κ3) is 3.54. The number of aryl methyl sites for hydroxylation is 1. The lowest BCUT2D eigenvalue weighted by Crippen LogP contribution is -2.30. The predicted octanol–water partition coefficient (Wildman–Crippen LogP) is 2.99. The molecule has 0 spiro atoms. The van der Waals surface area contributed by atoms with E-state index >= 15 is 0 Å². The van der Waals surface area contributed by atoms with E-state index in [1.807, 2.05) is 37.3 Å². The van der Waals surface area contributed by atoms with E-state index in [1.54, 1.807) is 12.1 Å². The summed E-state index contributed by atoms with van der Waals surface area (Å²) in [6.07, 6.45) is 2.99. The fourth-order valence-corrected chi connectivity index (χ4v) is 3.89. The molecule has 0 fully saturated rings. The summed E-state index contributed by atoms with van der Waals surface area (Å²) in [7, 11) is -3.84. The number of hydrogen-bond acceptors (Lipinski definition) is 4. The molecule has 1 aromatic heterocycles. The van der Waals surface area contributed by atoms with Gasteiger partial charge in [-0.15, -0.1) is 0 Å². The first-order valence-electron chi connectivity index (χ1n) is 7.58. The molecule has 0 aliphatic heterocycles. The Kier molecular flexibility index (Phi) is 4.55. The molecule has 0 atom stereocenters. The maximum atomic E-state index is 13.1. The lowest BCUT2D eigenvalue weighted by Gasteiger charge is -2.23. The van der Waals surface area contributed by atoms with Crippen molar-refractivity contribution in [1.29, 1.82) is 5.26 Å². The van der Waals surface area contributed by atoms with Crippen molar-refractivity contribution >= 4 is 15.7 Å². The standard InChI is InChI=1S/C18H16N4O2S/c1-14-5-7-15(8-6-14)13-22(17-11-20-21-12-17)25(23,24)18-4-2-3-16(9-18)10-19/h2-9,11-12H,13H2,1H3,(H,20,21). The van der Waals surface area contributed by atoms with E-state index < -0.39 is 10.0 Å². The summed E-state index contributed by atoms with van der Waals surface area (Å²) in [4.78, 5) is 0.0693. The van der Waals surface area contributed by atoms with Crippen LogP contribution in [0.2, 0.25) is 0 Å². The molecule has 25 heavy (non-hydrogen) atoms. The smallest absolute Gasteiger partial charge is 0.264 e. The first-order chi connectivity index (χ1) is 12.0. The van der Waals surface area contributed by atoms with Crippen LogP contribution in [0.3, 0.4) is 0 Å². The number of benzene rings is 2. The largest absolute Gasteiger partial charge is 0.284 e. The minimum atomic E-state index is -3.84. The van der Waals surface area contributed by atoms with Gasteiger partial charge in [0.25, 0.3) is 10.0 Å². The molecule has 0 bridgehead atoms. The molecule has 0 aliphatic carbocycles. The van der Waals surface area contributed by atoms with E-state index in [4.69, 9.17) is 5.26 Å². The van der Waals surface area contributed by atoms with Crippen LogP contribution in [-0.2, 0) is 16.6 Å². The Morgan fingerprint density at radius 2 is 1.96 bits per heavy atom. The predicted molar refractivity (Wildman–Crippen MR) is 94.3 cm³/mol. The van der Waals surface area contributed by atoms with Crippen LogP contribution in [-0.4, -0.2) is 18.6 Å². The molecule has 0 radical (unpaired) electrons. The second kappa shape index (κ2) is 6.79. The van der Waals surface area contributed by atoms with Crippen molar-refractivity contribution < 1.29 is 8.42 Å². The van der Waals surface area contributed by atoms with Gasteiger partial charge in [0.15, 0.2) is 0 Å². The second-order valence-electron chi connectivity index (χ2n) is 5.59. The Hall–Kier alpha value is -3.11.